The second-order valence-electron chi connectivity index (χ2n) is 5.00. The van der Waals surface area contributed by atoms with Crippen LogP contribution in [0.25, 0.3) is 0 Å². The first-order valence-electron chi connectivity index (χ1n) is 7.06. The van der Waals surface area contributed by atoms with Gasteiger partial charge in [0.1, 0.15) is 17.3 Å². The van der Waals surface area contributed by atoms with Gasteiger partial charge in [0, 0.05) is 22.6 Å². The number of carbonyl (C=O) groups is 1. The standard InChI is InChI=1S/C17H18FNO3S/c1-12(13-6-8-14(18)9-7-13)23(21)11-17(20)19-15-4-3-5-16(10-15)22-2/h3-10,12H,11H2,1-2H3,(H,19,20). The highest BCUT2D eigenvalue weighted by Gasteiger charge is 2.17. The van der Waals surface area contributed by atoms with Crippen LogP contribution in [0.15, 0.2) is 48.5 Å². The van der Waals surface area contributed by atoms with Crippen molar-refractivity contribution in [3.8, 4) is 5.75 Å². The summed E-state index contributed by atoms with van der Waals surface area (Å²) in [6.45, 7) is 1.75. The molecule has 6 heteroatoms. The minimum absolute atomic E-state index is 0.129. The number of hydrogen-bond donors (Lipinski definition) is 1. The Morgan fingerprint density at radius 1 is 1.26 bits per heavy atom. The van der Waals surface area contributed by atoms with Gasteiger partial charge in [-0.1, -0.05) is 18.2 Å². The minimum atomic E-state index is -1.40. The summed E-state index contributed by atoms with van der Waals surface area (Å²) < 4.78 is 30.3. The van der Waals surface area contributed by atoms with Gasteiger partial charge in [-0.25, -0.2) is 4.39 Å². The van der Waals surface area contributed by atoms with Crippen LogP contribution in [0.4, 0.5) is 10.1 Å². The van der Waals surface area contributed by atoms with Gasteiger partial charge in [0.05, 0.1) is 12.4 Å². The van der Waals surface area contributed by atoms with Crippen molar-refractivity contribution in [3.05, 3.63) is 59.9 Å². The predicted molar refractivity (Wildman–Crippen MR) is 89.4 cm³/mol. The van der Waals surface area contributed by atoms with E-state index in [0.717, 1.165) is 5.56 Å². The predicted octanol–water partition coefficient (Wildman–Crippen LogP) is 3.28. The molecule has 0 saturated carbocycles. The first-order chi connectivity index (χ1) is 11.0. The normalized spacial score (nSPS) is 13.2. The summed E-state index contributed by atoms with van der Waals surface area (Å²) in [5.74, 6) is -0.188. The van der Waals surface area contributed by atoms with Crippen molar-refractivity contribution in [2.75, 3.05) is 18.2 Å². The van der Waals surface area contributed by atoms with E-state index in [1.54, 1.807) is 50.4 Å². The van der Waals surface area contributed by atoms with Crippen molar-refractivity contribution in [1.29, 1.82) is 0 Å². The van der Waals surface area contributed by atoms with Crippen molar-refractivity contribution < 1.29 is 18.1 Å². The van der Waals surface area contributed by atoms with Crippen LogP contribution in [0.3, 0.4) is 0 Å². The van der Waals surface area contributed by atoms with Crippen LogP contribution < -0.4 is 10.1 Å². The van der Waals surface area contributed by atoms with Gasteiger partial charge in [0.2, 0.25) is 5.91 Å². The van der Waals surface area contributed by atoms with E-state index in [1.807, 2.05) is 0 Å². The van der Waals surface area contributed by atoms with Gasteiger partial charge in [-0.05, 0) is 36.8 Å². The lowest BCUT2D eigenvalue weighted by atomic mass is 10.2. The average Bonchev–Trinajstić information content (AvgIpc) is 2.54. The van der Waals surface area contributed by atoms with E-state index in [1.165, 1.54) is 12.1 Å². The van der Waals surface area contributed by atoms with E-state index in [2.05, 4.69) is 5.32 Å². The van der Waals surface area contributed by atoms with Crippen LogP contribution in [0, 0.1) is 5.82 Å². The third-order valence-corrected chi connectivity index (χ3v) is 4.97. The molecule has 0 radical (unpaired) electrons. The molecule has 0 aliphatic heterocycles. The Bertz CT molecular complexity index is 703. The van der Waals surface area contributed by atoms with Crippen molar-refractivity contribution in [2.24, 2.45) is 0 Å². The fourth-order valence-electron chi connectivity index (χ4n) is 2.04. The van der Waals surface area contributed by atoms with Gasteiger partial charge in [-0.3, -0.25) is 9.00 Å². The first kappa shape index (κ1) is 17.1. The largest absolute Gasteiger partial charge is 0.497 e. The number of benzene rings is 2. The quantitative estimate of drug-likeness (QED) is 0.881. The van der Waals surface area contributed by atoms with E-state index >= 15 is 0 Å². The number of methoxy groups -OCH3 is 1. The highest BCUT2D eigenvalue weighted by Crippen LogP contribution is 2.20. The number of carbonyl (C=O) groups excluding carboxylic acids is 1. The van der Waals surface area contributed by atoms with Gasteiger partial charge >= 0.3 is 0 Å². The summed E-state index contributed by atoms with van der Waals surface area (Å²) in [6.07, 6.45) is 0. The molecule has 2 unspecified atom stereocenters. The fourth-order valence-corrected chi connectivity index (χ4v) is 3.08. The number of hydrogen-bond acceptors (Lipinski definition) is 3. The van der Waals surface area contributed by atoms with E-state index in [9.17, 15) is 13.4 Å². The SMILES string of the molecule is COc1cccc(NC(=O)CS(=O)C(C)c2ccc(F)cc2)c1. The average molecular weight is 335 g/mol. The number of amides is 1. The molecule has 122 valence electrons. The number of anilines is 1. The zero-order valence-electron chi connectivity index (χ0n) is 12.9. The molecule has 0 aliphatic carbocycles. The van der Waals surface area contributed by atoms with Crippen LogP contribution in [-0.4, -0.2) is 23.0 Å². The lowest BCUT2D eigenvalue weighted by Crippen LogP contribution is -2.21. The molecular weight excluding hydrogens is 317 g/mol. The fraction of sp³-hybridized carbons (Fsp3) is 0.235. The molecule has 1 N–H and O–H groups in total. The summed E-state index contributed by atoms with van der Waals surface area (Å²) in [4.78, 5) is 12.0. The Labute approximate surface area is 137 Å². The summed E-state index contributed by atoms with van der Waals surface area (Å²) in [6, 6.07) is 12.7. The molecular formula is C17H18FNO3S. The van der Waals surface area contributed by atoms with Gasteiger partial charge in [0.15, 0.2) is 0 Å². The van der Waals surface area contributed by atoms with E-state index < -0.39 is 10.8 Å². The number of halogens is 1. The molecule has 2 atom stereocenters. The maximum Gasteiger partial charge on any atom is 0.237 e. The smallest absolute Gasteiger partial charge is 0.237 e. The van der Waals surface area contributed by atoms with Crippen LogP contribution in [0.2, 0.25) is 0 Å². The molecule has 2 aromatic carbocycles. The number of rotatable bonds is 6. The Hall–Kier alpha value is -2.21. The Kier molecular flexibility index (Phi) is 5.87. The summed E-state index contributed by atoms with van der Waals surface area (Å²) in [5, 5.41) is 2.34. The molecule has 2 rings (SSSR count). The van der Waals surface area contributed by atoms with Gasteiger partial charge in [0.25, 0.3) is 0 Å². The van der Waals surface area contributed by atoms with Crippen LogP contribution >= 0.6 is 0 Å². The molecule has 0 aromatic heterocycles. The van der Waals surface area contributed by atoms with Crippen molar-refractivity contribution in [2.45, 2.75) is 12.2 Å². The maximum atomic E-state index is 12.9. The molecule has 1 amide bonds. The van der Waals surface area contributed by atoms with Crippen molar-refractivity contribution >= 4 is 22.4 Å². The molecule has 0 saturated heterocycles. The van der Waals surface area contributed by atoms with Gasteiger partial charge in [-0.2, -0.15) is 0 Å². The maximum absolute atomic E-state index is 12.9. The van der Waals surface area contributed by atoms with Gasteiger partial charge in [-0.15, -0.1) is 0 Å². The van der Waals surface area contributed by atoms with Gasteiger partial charge < -0.3 is 10.1 Å². The third-order valence-electron chi connectivity index (χ3n) is 3.36. The van der Waals surface area contributed by atoms with E-state index in [4.69, 9.17) is 4.74 Å². The highest BCUT2D eigenvalue weighted by atomic mass is 32.2. The molecule has 0 spiro atoms. The van der Waals surface area contributed by atoms with Crippen LogP contribution in [0.1, 0.15) is 17.7 Å². The third kappa shape index (κ3) is 4.89. The zero-order valence-corrected chi connectivity index (χ0v) is 13.7. The van der Waals surface area contributed by atoms with E-state index in [-0.39, 0.29) is 22.7 Å². The topological polar surface area (TPSA) is 55.4 Å². The molecule has 0 bridgehead atoms. The Morgan fingerprint density at radius 2 is 1.96 bits per heavy atom. The second kappa shape index (κ2) is 7.87. The molecule has 23 heavy (non-hydrogen) atoms. The summed E-state index contributed by atoms with van der Waals surface area (Å²) >= 11 is 0. The molecule has 0 heterocycles. The second-order valence-corrected chi connectivity index (χ2v) is 6.76. The molecule has 2 aromatic rings. The van der Waals surface area contributed by atoms with E-state index in [0.29, 0.717) is 11.4 Å². The lowest BCUT2D eigenvalue weighted by molar-refractivity contribution is -0.113. The molecule has 0 aliphatic rings. The Morgan fingerprint density at radius 3 is 2.61 bits per heavy atom. The minimum Gasteiger partial charge on any atom is -0.497 e. The zero-order chi connectivity index (χ0) is 16.8. The molecule has 0 fully saturated rings. The number of nitrogens with one attached hydrogen (secondary N) is 1. The van der Waals surface area contributed by atoms with Crippen LogP contribution in [0.5, 0.6) is 5.75 Å². The summed E-state index contributed by atoms with van der Waals surface area (Å²) in [7, 11) is 0.143. The Balaban J connectivity index is 1.96. The summed E-state index contributed by atoms with van der Waals surface area (Å²) in [5.41, 5.74) is 1.32. The monoisotopic (exact) mass is 335 g/mol. The highest BCUT2D eigenvalue weighted by molar-refractivity contribution is 7.86. The lowest BCUT2D eigenvalue weighted by Gasteiger charge is -2.12. The van der Waals surface area contributed by atoms with Crippen LogP contribution in [-0.2, 0) is 15.6 Å². The number of ether oxygens (including phenoxy) is 1. The van der Waals surface area contributed by atoms with Crippen molar-refractivity contribution in [1.82, 2.24) is 0 Å². The molecule has 4 nitrogen and oxygen atoms in total. The van der Waals surface area contributed by atoms with Crippen molar-refractivity contribution in [3.63, 3.8) is 0 Å². The first-order valence-corrected chi connectivity index (χ1v) is 8.44.